The van der Waals surface area contributed by atoms with Crippen molar-refractivity contribution in [1.29, 1.82) is 0 Å². The Morgan fingerprint density at radius 3 is 0.225 bits per heavy atom. The van der Waals surface area contributed by atoms with E-state index in [0.29, 0.717) is 0 Å². The third-order valence-corrected chi connectivity index (χ3v) is 18.5. The largest absolute Gasteiger partial charge is 0.249 e. The molecular weight excluding hydrogens is 981 g/mol. The van der Waals surface area contributed by atoms with Crippen LogP contribution in [-0.4, -0.2) is 49.8 Å². The molecule has 5 aromatic carbocycles. The van der Waals surface area contributed by atoms with Gasteiger partial charge in [-0.05, 0) is 319 Å². The standard InChI is InChI=1S/5C14H18N2/c5*1-7-8(2)10(4)14-13(9(7)3)15-11(5)12(6)16-14/h5*1-6H3. The zero-order valence-corrected chi connectivity index (χ0v) is 54.5. The second kappa shape index (κ2) is 23.9. The van der Waals surface area contributed by atoms with Crippen molar-refractivity contribution in [2.45, 2.75) is 208 Å². The monoisotopic (exact) mass is 1070 g/mol. The van der Waals surface area contributed by atoms with E-state index in [1.807, 2.05) is 69.2 Å². The van der Waals surface area contributed by atoms with Crippen LogP contribution in [0.25, 0.3) is 55.2 Å². The number of hydrogen-bond donors (Lipinski definition) is 0. The summed E-state index contributed by atoms with van der Waals surface area (Å²) >= 11 is 0. The van der Waals surface area contributed by atoms with Crippen LogP contribution in [0.5, 0.6) is 0 Å². The summed E-state index contributed by atoms with van der Waals surface area (Å²) in [5.74, 6) is 0. The van der Waals surface area contributed by atoms with Crippen molar-refractivity contribution in [3.05, 3.63) is 168 Å². The first-order valence-corrected chi connectivity index (χ1v) is 28.2. The van der Waals surface area contributed by atoms with Crippen molar-refractivity contribution >= 4 is 55.2 Å². The van der Waals surface area contributed by atoms with E-state index in [2.05, 4.69) is 188 Å². The molecule has 0 spiro atoms. The fraction of sp³-hybridized carbons (Fsp3) is 0.429. The molecule has 0 aliphatic carbocycles. The number of fused-ring (bicyclic) bond motifs is 5. The zero-order valence-electron chi connectivity index (χ0n) is 54.5. The SMILES string of the molecule is Cc1nc2c(C)c(C)c(C)c(C)c2nc1C.Cc1nc2c(C)c(C)c(C)c(C)c2nc1C.Cc1nc2c(C)c(C)c(C)c(C)c2nc1C.Cc1nc2c(C)c(C)c(C)c(C)c2nc1C.Cc1nc2c(C)c(C)c(C)c(C)c2nc1C. The lowest BCUT2D eigenvalue weighted by Gasteiger charge is -2.13. The molecule has 10 nitrogen and oxygen atoms in total. The minimum Gasteiger partial charge on any atom is -0.249 e. The van der Waals surface area contributed by atoms with E-state index < -0.39 is 0 Å². The molecule has 0 saturated heterocycles. The van der Waals surface area contributed by atoms with Gasteiger partial charge in [-0.15, -0.1) is 0 Å². The lowest BCUT2D eigenvalue weighted by Crippen LogP contribution is -2.01. The van der Waals surface area contributed by atoms with E-state index in [0.717, 1.165) is 112 Å². The summed E-state index contributed by atoms with van der Waals surface area (Å²) in [5, 5.41) is 0. The molecule has 0 saturated carbocycles. The summed E-state index contributed by atoms with van der Waals surface area (Å²) < 4.78 is 0. The van der Waals surface area contributed by atoms with E-state index in [1.54, 1.807) is 0 Å². The van der Waals surface area contributed by atoms with Gasteiger partial charge in [0.1, 0.15) is 0 Å². The van der Waals surface area contributed by atoms with Gasteiger partial charge in [-0.25, -0.2) is 49.8 Å². The van der Waals surface area contributed by atoms with Gasteiger partial charge in [-0.2, -0.15) is 0 Å². The van der Waals surface area contributed by atoms with Crippen molar-refractivity contribution in [3.63, 3.8) is 0 Å². The number of benzene rings is 5. The minimum atomic E-state index is 1.03. The predicted molar refractivity (Wildman–Crippen MR) is 340 cm³/mol. The molecule has 0 radical (unpaired) electrons. The number of aryl methyl sites for hydroxylation is 20. The van der Waals surface area contributed by atoms with Gasteiger partial charge in [0.2, 0.25) is 0 Å². The van der Waals surface area contributed by atoms with Crippen molar-refractivity contribution < 1.29 is 0 Å². The van der Waals surface area contributed by atoms with E-state index in [-0.39, 0.29) is 0 Å². The summed E-state index contributed by atoms with van der Waals surface area (Å²) in [7, 11) is 0. The highest BCUT2D eigenvalue weighted by Crippen LogP contribution is 2.32. The van der Waals surface area contributed by atoms with Gasteiger partial charge in [-0.3, -0.25) is 0 Å². The molecule has 10 heteroatoms. The maximum atomic E-state index is 4.68. The molecule has 0 N–H and O–H groups in total. The average Bonchev–Trinajstić information content (AvgIpc) is 3.60. The second-order valence-electron chi connectivity index (χ2n) is 23.0. The molecule has 5 heterocycles. The van der Waals surface area contributed by atoms with Crippen molar-refractivity contribution in [1.82, 2.24) is 49.8 Å². The summed E-state index contributed by atoms with van der Waals surface area (Å²) in [5.41, 5.74) is 46.8. The molecule has 0 atom stereocenters. The highest BCUT2D eigenvalue weighted by atomic mass is 14.9. The first-order valence-electron chi connectivity index (χ1n) is 28.2. The van der Waals surface area contributed by atoms with Gasteiger partial charge in [0.25, 0.3) is 0 Å². The van der Waals surface area contributed by atoms with Crippen LogP contribution in [0.3, 0.4) is 0 Å². The van der Waals surface area contributed by atoms with Crippen LogP contribution in [0.1, 0.15) is 168 Å². The maximum Gasteiger partial charge on any atom is 0.0924 e. The predicted octanol–water partition coefficient (Wildman–Crippen LogP) is 17.4. The molecule has 5 aromatic heterocycles. The fourth-order valence-electron chi connectivity index (χ4n) is 10.2. The van der Waals surface area contributed by atoms with Crippen LogP contribution in [0.4, 0.5) is 0 Å². The topological polar surface area (TPSA) is 129 Å². The van der Waals surface area contributed by atoms with Gasteiger partial charge < -0.3 is 0 Å². The van der Waals surface area contributed by atoms with Crippen molar-refractivity contribution in [3.8, 4) is 0 Å². The number of rotatable bonds is 0. The highest BCUT2D eigenvalue weighted by Gasteiger charge is 2.17. The Hall–Kier alpha value is -7.20. The minimum absolute atomic E-state index is 1.03. The van der Waals surface area contributed by atoms with Crippen molar-refractivity contribution in [2.24, 2.45) is 0 Å². The zero-order chi connectivity index (χ0) is 60.2. The number of nitrogens with zero attached hydrogens (tertiary/aromatic N) is 10. The van der Waals surface area contributed by atoms with Gasteiger partial charge in [0.05, 0.1) is 112 Å². The molecule has 10 aromatic rings. The Morgan fingerprint density at radius 2 is 0.163 bits per heavy atom. The summed E-state index contributed by atoms with van der Waals surface area (Å²) in [6, 6.07) is 0. The summed E-state index contributed by atoms with van der Waals surface area (Å²) in [4.78, 5) is 46.7. The van der Waals surface area contributed by atoms with Crippen LogP contribution in [0.2, 0.25) is 0 Å². The molecular formula is C70H90N10. The van der Waals surface area contributed by atoms with Crippen LogP contribution >= 0.6 is 0 Å². The molecule has 0 aliphatic heterocycles. The second-order valence-corrected chi connectivity index (χ2v) is 23.0. The van der Waals surface area contributed by atoms with E-state index in [9.17, 15) is 0 Å². The lowest BCUT2D eigenvalue weighted by molar-refractivity contribution is 1.08. The normalized spacial score (nSPS) is 11.1. The fourth-order valence-corrected chi connectivity index (χ4v) is 10.2. The number of hydrogen-bond acceptors (Lipinski definition) is 10. The van der Waals surface area contributed by atoms with E-state index >= 15 is 0 Å². The summed E-state index contributed by atoms with van der Waals surface area (Å²) in [6.45, 7) is 63.1. The van der Waals surface area contributed by atoms with Crippen molar-refractivity contribution in [2.75, 3.05) is 0 Å². The van der Waals surface area contributed by atoms with Gasteiger partial charge >= 0.3 is 0 Å². The Labute approximate surface area is 478 Å². The van der Waals surface area contributed by atoms with Crippen LogP contribution in [0.15, 0.2) is 0 Å². The van der Waals surface area contributed by atoms with Crippen LogP contribution < -0.4 is 0 Å². The number of aromatic nitrogens is 10. The van der Waals surface area contributed by atoms with Gasteiger partial charge in [0.15, 0.2) is 0 Å². The van der Waals surface area contributed by atoms with Crippen LogP contribution in [-0.2, 0) is 0 Å². The van der Waals surface area contributed by atoms with E-state index in [4.69, 9.17) is 0 Å². The average molecular weight is 1070 g/mol. The Balaban J connectivity index is 0.000000161. The van der Waals surface area contributed by atoms with E-state index in [1.165, 1.54) is 111 Å². The molecule has 0 aliphatic rings. The van der Waals surface area contributed by atoms with Gasteiger partial charge in [-0.1, -0.05) is 0 Å². The maximum absolute atomic E-state index is 4.68. The highest BCUT2D eigenvalue weighted by molar-refractivity contribution is 5.88. The molecule has 420 valence electrons. The van der Waals surface area contributed by atoms with Gasteiger partial charge in [0, 0.05) is 0 Å². The molecule has 0 bridgehead atoms. The smallest absolute Gasteiger partial charge is 0.0924 e. The summed E-state index contributed by atoms with van der Waals surface area (Å²) in [6.07, 6.45) is 0. The third kappa shape index (κ3) is 11.6. The van der Waals surface area contributed by atoms with Crippen LogP contribution in [0, 0.1) is 208 Å². The molecule has 0 amide bonds. The third-order valence-electron chi connectivity index (χ3n) is 18.5. The Bertz CT molecular complexity index is 3280. The quantitative estimate of drug-likeness (QED) is 0.145. The first-order chi connectivity index (χ1) is 37.2. The lowest BCUT2D eigenvalue weighted by atomic mass is 9.97. The Morgan fingerprint density at radius 1 is 0.100 bits per heavy atom. The molecule has 10 rings (SSSR count). The Kier molecular flexibility index (Phi) is 18.5. The first kappa shape index (κ1) is 62.0. The molecule has 80 heavy (non-hydrogen) atoms. The molecule has 0 unspecified atom stereocenters. The molecule has 0 fully saturated rings.